The minimum atomic E-state index is 0.337. The molecule has 0 aromatic heterocycles. The van der Waals surface area contributed by atoms with Gasteiger partial charge in [-0.3, -0.25) is 0 Å². The summed E-state index contributed by atoms with van der Waals surface area (Å²) in [5.41, 5.74) is 2.19. The topological polar surface area (TPSA) is 38.7 Å². The summed E-state index contributed by atoms with van der Waals surface area (Å²) in [6, 6.07) is 3.64. The van der Waals surface area contributed by atoms with E-state index < -0.39 is 0 Å². The standard InChI is InChI=1S/C21H36O3S2/c1-5-17-14-19(22)15-18(6-2)21(17)24-13-11-9-10-12-23-16-20(25-7-3)26-8-4/h14-15,20,22H,5-13,16H2,1-4H3. The van der Waals surface area contributed by atoms with E-state index in [0.29, 0.717) is 10.3 Å². The molecule has 0 aliphatic rings. The van der Waals surface area contributed by atoms with Crippen molar-refractivity contribution in [1.29, 1.82) is 0 Å². The van der Waals surface area contributed by atoms with E-state index in [1.807, 2.05) is 35.7 Å². The molecule has 0 bridgehead atoms. The molecule has 26 heavy (non-hydrogen) atoms. The van der Waals surface area contributed by atoms with E-state index in [1.54, 1.807) is 0 Å². The molecule has 1 N–H and O–H groups in total. The van der Waals surface area contributed by atoms with Crippen molar-refractivity contribution in [2.24, 2.45) is 0 Å². The van der Waals surface area contributed by atoms with E-state index in [9.17, 15) is 5.11 Å². The highest BCUT2D eigenvalue weighted by Crippen LogP contribution is 2.30. The van der Waals surface area contributed by atoms with E-state index in [-0.39, 0.29) is 0 Å². The molecule has 0 radical (unpaired) electrons. The van der Waals surface area contributed by atoms with Crippen LogP contribution in [0.5, 0.6) is 11.5 Å². The van der Waals surface area contributed by atoms with Gasteiger partial charge < -0.3 is 14.6 Å². The van der Waals surface area contributed by atoms with Gasteiger partial charge in [-0.25, -0.2) is 0 Å². The summed E-state index contributed by atoms with van der Waals surface area (Å²) in [5, 5.41) is 9.81. The van der Waals surface area contributed by atoms with Crippen molar-refractivity contribution in [3.8, 4) is 11.5 Å². The zero-order valence-corrected chi connectivity index (χ0v) is 18.5. The number of thioether (sulfide) groups is 2. The van der Waals surface area contributed by atoms with Crippen LogP contribution in [0, 0.1) is 0 Å². The third-order valence-corrected chi connectivity index (χ3v) is 6.63. The molecular weight excluding hydrogens is 364 g/mol. The van der Waals surface area contributed by atoms with Crippen LogP contribution in [0.3, 0.4) is 0 Å². The Hall–Kier alpha value is -0.520. The second-order valence-corrected chi connectivity index (χ2v) is 9.38. The molecular formula is C21H36O3S2. The second kappa shape index (κ2) is 14.5. The predicted molar refractivity (Wildman–Crippen MR) is 117 cm³/mol. The molecule has 0 amide bonds. The number of phenolic OH excluding ortho intramolecular Hbond substituents is 1. The summed E-state index contributed by atoms with van der Waals surface area (Å²) in [4.78, 5) is 0. The lowest BCUT2D eigenvalue weighted by molar-refractivity contribution is 0.140. The Bertz CT molecular complexity index is 463. The van der Waals surface area contributed by atoms with Gasteiger partial charge in [0.25, 0.3) is 0 Å². The summed E-state index contributed by atoms with van der Waals surface area (Å²) >= 11 is 3.96. The maximum Gasteiger partial charge on any atom is 0.125 e. The quantitative estimate of drug-likeness (QED) is 0.292. The molecule has 0 unspecified atom stereocenters. The predicted octanol–water partition coefficient (Wildman–Crippen LogP) is 5.92. The first-order valence-corrected chi connectivity index (χ1v) is 12.0. The fourth-order valence-corrected chi connectivity index (χ4v) is 5.13. The van der Waals surface area contributed by atoms with E-state index >= 15 is 0 Å². The van der Waals surface area contributed by atoms with Crippen LogP contribution >= 0.6 is 23.5 Å². The zero-order valence-electron chi connectivity index (χ0n) is 16.9. The lowest BCUT2D eigenvalue weighted by Crippen LogP contribution is -2.10. The summed E-state index contributed by atoms with van der Waals surface area (Å²) < 4.78 is 12.5. The van der Waals surface area contributed by atoms with Crippen LogP contribution in [0.2, 0.25) is 0 Å². The Morgan fingerprint density at radius 1 is 0.885 bits per heavy atom. The van der Waals surface area contributed by atoms with Crippen molar-refractivity contribution in [3.63, 3.8) is 0 Å². The highest BCUT2D eigenvalue weighted by molar-refractivity contribution is 8.17. The van der Waals surface area contributed by atoms with Crippen molar-refractivity contribution in [3.05, 3.63) is 23.3 Å². The van der Waals surface area contributed by atoms with E-state index in [0.717, 1.165) is 80.3 Å². The van der Waals surface area contributed by atoms with Crippen LogP contribution in [0.4, 0.5) is 0 Å². The Labute approximate surface area is 168 Å². The maximum absolute atomic E-state index is 9.81. The fraction of sp³-hybridized carbons (Fsp3) is 0.714. The number of aryl methyl sites for hydroxylation is 2. The average Bonchev–Trinajstić information content (AvgIpc) is 2.64. The zero-order chi connectivity index (χ0) is 19.2. The summed E-state index contributed by atoms with van der Waals surface area (Å²) in [6.45, 7) is 11.0. The van der Waals surface area contributed by atoms with Gasteiger partial charge in [0.15, 0.2) is 0 Å². The van der Waals surface area contributed by atoms with Crippen molar-refractivity contribution < 1.29 is 14.6 Å². The Balaban J connectivity index is 2.23. The normalized spacial score (nSPS) is 11.3. The first-order chi connectivity index (χ1) is 12.7. The van der Waals surface area contributed by atoms with E-state index in [4.69, 9.17) is 9.47 Å². The molecule has 0 aliphatic carbocycles. The highest BCUT2D eigenvalue weighted by atomic mass is 32.2. The Morgan fingerprint density at radius 2 is 1.46 bits per heavy atom. The molecule has 0 aliphatic heterocycles. The van der Waals surface area contributed by atoms with Crippen LogP contribution in [-0.4, -0.2) is 41.0 Å². The minimum Gasteiger partial charge on any atom is -0.508 e. The van der Waals surface area contributed by atoms with Gasteiger partial charge >= 0.3 is 0 Å². The number of unbranched alkanes of at least 4 members (excludes halogenated alkanes) is 2. The fourth-order valence-electron chi connectivity index (χ4n) is 2.80. The van der Waals surface area contributed by atoms with Crippen LogP contribution in [0.15, 0.2) is 12.1 Å². The number of hydrogen-bond acceptors (Lipinski definition) is 5. The molecule has 150 valence electrons. The van der Waals surface area contributed by atoms with Gasteiger partial charge in [0.1, 0.15) is 11.5 Å². The first kappa shape index (κ1) is 23.5. The van der Waals surface area contributed by atoms with E-state index in [1.165, 1.54) is 0 Å². The molecule has 0 atom stereocenters. The number of ether oxygens (including phenoxy) is 2. The van der Waals surface area contributed by atoms with Crippen LogP contribution in [0.1, 0.15) is 58.1 Å². The average molecular weight is 401 g/mol. The molecule has 0 saturated heterocycles. The molecule has 1 aromatic carbocycles. The van der Waals surface area contributed by atoms with Gasteiger partial charge in [0, 0.05) is 6.61 Å². The van der Waals surface area contributed by atoms with Gasteiger partial charge in [-0.1, -0.05) is 27.7 Å². The van der Waals surface area contributed by atoms with Gasteiger partial charge in [-0.05, 0) is 66.9 Å². The lowest BCUT2D eigenvalue weighted by atomic mass is 10.0. The van der Waals surface area contributed by atoms with Crippen molar-refractivity contribution in [2.45, 2.75) is 64.4 Å². The smallest absolute Gasteiger partial charge is 0.125 e. The van der Waals surface area contributed by atoms with Gasteiger partial charge in [-0.2, -0.15) is 0 Å². The summed E-state index contributed by atoms with van der Waals surface area (Å²) in [5.74, 6) is 3.61. The SMILES string of the molecule is CCSC(COCCCCCOc1c(CC)cc(O)cc1CC)SCC. The largest absolute Gasteiger partial charge is 0.508 e. The van der Waals surface area contributed by atoms with Crippen molar-refractivity contribution >= 4 is 23.5 Å². The van der Waals surface area contributed by atoms with Gasteiger partial charge in [0.2, 0.25) is 0 Å². The first-order valence-electron chi connectivity index (χ1n) is 9.94. The number of phenols is 1. The van der Waals surface area contributed by atoms with Crippen LogP contribution in [-0.2, 0) is 17.6 Å². The molecule has 0 fully saturated rings. The molecule has 0 saturated carbocycles. The Kier molecular flexibility index (Phi) is 13.1. The molecule has 0 heterocycles. The molecule has 1 rings (SSSR count). The number of rotatable bonds is 15. The number of benzene rings is 1. The third kappa shape index (κ3) is 8.92. The molecule has 5 heteroatoms. The van der Waals surface area contributed by atoms with E-state index in [2.05, 4.69) is 27.7 Å². The monoisotopic (exact) mass is 400 g/mol. The number of hydrogen-bond donors (Lipinski definition) is 1. The maximum atomic E-state index is 9.81. The van der Waals surface area contributed by atoms with Crippen molar-refractivity contribution in [2.75, 3.05) is 31.3 Å². The third-order valence-electron chi connectivity index (χ3n) is 4.13. The molecule has 3 nitrogen and oxygen atoms in total. The minimum absolute atomic E-state index is 0.337. The summed E-state index contributed by atoms with van der Waals surface area (Å²) in [6.07, 6.45) is 4.98. The highest BCUT2D eigenvalue weighted by Gasteiger charge is 2.10. The Morgan fingerprint density at radius 3 is 2.00 bits per heavy atom. The second-order valence-electron chi connectivity index (χ2n) is 6.12. The lowest BCUT2D eigenvalue weighted by Gasteiger charge is -2.16. The molecule has 1 aromatic rings. The van der Waals surface area contributed by atoms with Gasteiger partial charge in [-0.15, -0.1) is 23.5 Å². The van der Waals surface area contributed by atoms with Crippen LogP contribution in [0.25, 0.3) is 0 Å². The van der Waals surface area contributed by atoms with Gasteiger partial charge in [0.05, 0.1) is 17.8 Å². The van der Waals surface area contributed by atoms with Crippen molar-refractivity contribution in [1.82, 2.24) is 0 Å². The van der Waals surface area contributed by atoms with Crippen LogP contribution < -0.4 is 4.74 Å². The summed E-state index contributed by atoms with van der Waals surface area (Å²) in [7, 11) is 0. The molecule has 0 spiro atoms. The number of aromatic hydroxyl groups is 1.